The van der Waals surface area contributed by atoms with Gasteiger partial charge in [-0.1, -0.05) is 30.3 Å². The van der Waals surface area contributed by atoms with Gasteiger partial charge in [-0.3, -0.25) is 0 Å². The second kappa shape index (κ2) is 3.70. The standard InChI is InChI=1S/C11H6N6/c12-13-10-8-6-9(7-4-2-1-3-5-7)14-16-11(8)17-15-10/h1-6H. The van der Waals surface area contributed by atoms with Crippen LogP contribution in [0.25, 0.3) is 16.8 Å². The lowest BCUT2D eigenvalue weighted by molar-refractivity contribution is -0.00546. The Balaban J connectivity index is 2.15. The zero-order valence-corrected chi connectivity index (χ0v) is 8.65. The number of fused-ring (bicyclic) bond motifs is 1. The molecule has 1 aliphatic rings. The smallest absolute Gasteiger partial charge is 0.437 e. The lowest BCUT2D eigenvalue weighted by Crippen LogP contribution is -1.97. The summed E-state index contributed by atoms with van der Waals surface area (Å²) in [5.74, 6) is 0.532. The Hall–Kier alpha value is -2.72. The van der Waals surface area contributed by atoms with Crippen molar-refractivity contribution in [1.82, 2.24) is 10.2 Å². The number of rotatable bonds is 1. The molecule has 17 heavy (non-hydrogen) atoms. The van der Waals surface area contributed by atoms with E-state index in [0.717, 1.165) is 5.56 Å². The van der Waals surface area contributed by atoms with Crippen molar-refractivity contribution in [1.29, 1.82) is 0 Å². The predicted molar refractivity (Wildman–Crippen MR) is 59.7 cm³/mol. The Morgan fingerprint density at radius 1 is 1.00 bits per heavy atom. The lowest BCUT2D eigenvalue weighted by Gasteiger charge is -1.98. The van der Waals surface area contributed by atoms with Crippen LogP contribution in [0.3, 0.4) is 0 Å². The summed E-state index contributed by atoms with van der Waals surface area (Å²) in [6, 6.07) is 11.4. The molecule has 0 saturated heterocycles. The Bertz CT molecular complexity index is 655. The van der Waals surface area contributed by atoms with Crippen LogP contribution in [0.15, 0.2) is 46.6 Å². The van der Waals surface area contributed by atoms with Crippen molar-refractivity contribution in [3.05, 3.63) is 47.5 Å². The van der Waals surface area contributed by atoms with Crippen molar-refractivity contribution in [2.75, 3.05) is 0 Å². The molecule has 0 N–H and O–H groups in total. The van der Waals surface area contributed by atoms with E-state index in [0.29, 0.717) is 17.1 Å². The van der Waals surface area contributed by atoms with Crippen molar-refractivity contribution in [3.8, 4) is 11.3 Å². The third-order valence-corrected chi connectivity index (χ3v) is 2.42. The molecular formula is C11H6N6. The van der Waals surface area contributed by atoms with Gasteiger partial charge in [0.05, 0.1) is 10.8 Å². The number of hydrogen-bond donors (Lipinski definition) is 0. The highest BCUT2D eigenvalue weighted by Crippen LogP contribution is 2.26. The van der Waals surface area contributed by atoms with E-state index in [-0.39, 0.29) is 5.84 Å². The zero-order valence-electron chi connectivity index (χ0n) is 8.65. The summed E-state index contributed by atoms with van der Waals surface area (Å²) in [6.45, 7) is 0. The van der Waals surface area contributed by atoms with Crippen LogP contribution in [-0.2, 0) is 0 Å². The molecule has 0 radical (unpaired) electrons. The SMILES string of the molecule is [N-]=[N+]=C1N=Nc2nnc(-c3ccccc3)cc21. The average molecular weight is 222 g/mol. The molecule has 1 aliphatic heterocycles. The molecule has 0 aliphatic carbocycles. The van der Waals surface area contributed by atoms with Gasteiger partial charge >= 0.3 is 5.84 Å². The summed E-state index contributed by atoms with van der Waals surface area (Å²) < 4.78 is 0. The van der Waals surface area contributed by atoms with Crippen molar-refractivity contribution < 1.29 is 4.79 Å². The Morgan fingerprint density at radius 3 is 2.59 bits per heavy atom. The molecule has 6 heteroatoms. The lowest BCUT2D eigenvalue weighted by atomic mass is 10.1. The molecule has 0 bridgehead atoms. The van der Waals surface area contributed by atoms with Crippen LogP contribution in [0.5, 0.6) is 0 Å². The fraction of sp³-hybridized carbons (Fsp3) is 0. The zero-order chi connectivity index (χ0) is 11.7. The van der Waals surface area contributed by atoms with Crippen molar-refractivity contribution >= 4 is 11.7 Å². The summed E-state index contributed by atoms with van der Waals surface area (Å²) in [5.41, 5.74) is 11.0. The molecule has 2 aromatic rings. The molecule has 6 nitrogen and oxygen atoms in total. The minimum atomic E-state index is 0.159. The normalized spacial score (nSPS) is 12.4. The van der Waals surface area contributed by atoms with E-state index in [9.17, 15) is 0 Å². The van der Waals surface area contributed by atoms with Gasteiger partial charge in [0, 0.05) is 5.56 Å². The minimum absolute atomic E-state index is 0.159. The molecule has 3 rings (SSSR count). The van der Waals surface area contributed by atoms with Crippen LogP contribution in [0, 0.1) is 0 Å². The number of amidine groups is 1. The molecule has 0 saturated carbocycles. The molecular weight excluding hydrogens is 216 g/mol. The van der Waals surface area contributed by atoms with E-state index in [4.69, 9.17) is 5.53 Å². The second-order valence-corrected chi connectivity index (χ2v) is 3.46. The predicted octanol–water partition coefficient (Wildman–Crippen LogP) is 2.22. The molecule has 0 amide bonds. The summed E-state index contributed by atoms with van der Waals surface area (Å²) in [7, 11) is 0. The second-order valence-electron chi connectivity index (χ2n) is 3.46. The molecule has 1 aromatic carbocycles. The summed E-state index contributed by atoms with van der Waals surface area (Å²) in [4.78, 5) is 3.05. The van der Waals surface area contributed by atoms with Crippen molar-refractivity contribution in [2.24, 2.45) is 10.2 Å². The first-order valence-electron chi connectivity index (χ1n) is 4.96. The fourth-order valence-corrected chi connectivity index (χ4v) is 1.60. The van der Waals surface area contributed by atoms with Gasteiger partial charge in [0.15, 0.2) is 0 Å². The first-order chi connectivity index (χ1) is 8.38. The quantitative estimate of drug-likeness (QED) is 0.547. The number of azo groups is 1. The van der Waals surface area contributed by atoms with Crippen LogP contribution in [0.1, 0.15) is 5.56 Å². The monoisotopic (exact) mass is 222 g/mol. The van der Waals surface area contributed by atoms with E-state index in [2.05, 4.69) is 25.2 Å². The van der Waals surface area contributed by atoms with E-state index in [1.807, 2.05) is 30.3 Å². The Morgan fingerprint density at radius 2 is 1.82 bits per heavy atom. The first kappa shape index (κ1) is 9.50. The van der Waals surface area contributed by atoms with Gasteiger partial charge in [0.2, 0.25) is 5.82 Å². The third kappa shape index (κ3) is 1.53. The van der Waals surface area contributed by atoms with Crippen LogP contribution in [0.2, 0.25) is 0 Å². The van der Waals surface area contributed by atoms with Gasteiger partial charge in [-0.15, -0.1) is 10.2 Å². The van der Waals surface area contributed by atoms with Gasteiger partial charge in [0.1, 0.15) is 5.56 Å². The van der Waals surface area contributed by atoms with Crippen molar-refractivity contribution in [2.45, 2.75) is 0 Å². The molecule has 0 spiro atoms. The van der Waals surface area contributed by atoms with E-state index < -0.39 is 0 Å². The molecule has 2 heterocycles. The largest absolute Gasteiger partial charge is 0.497 e. The highest BCUT2D eigenvalue weighted by molar-refractivity contribution is 6.01. The maximum Gasteiger partial charge on any atom is 0.437 e. The number of nitrogens with zero attached hydrogens (tertiary/aromatic N) is 6. The summed E-state index contributed by atoms with van der Waals surface area (Å²) in [6.07, 6.45) is 0. The summed E-state index contributed by atoms with van der Waals surface area (Å²) >= 11 is 0. The number of aromatic nitrogens is 2. The maximum atomic E-state index is 8.76. The molecule has 0 atom stereocenters. The Kier molecular flexibility index (Phi) is 2.07. The van der Waals surface area contributed by atoms with Crippen LogP contribution in [0.4, 0.5) is 5.82 Å². The third-order valence-electron chi connectivity index (χ3n) is 2.42. The van der Waals surface area contributed by atoms with Crippen molar-refractivity contribution in [3.63, 3.8) is 0 Å². The molecule has 0 fully saturated rings. The van der Waals surface area contributed by atoms with Crippen LogP contribution in [-0.4, -0.2) is 20.8 Å². The maximum absolute atomic E-state index is 8.76. The van der Waals surface area contributed by atoms with E-state index >= 15 is 0 Å². The van der Waals surface area contributed by atoms with Gasteiger partial charge in [-0.25, -0.2) is 0 Å². The minimum Gasteiger partial charge on any atom is -0.497 e. The molecule has 80 valence electrons. The molecule has 0 unspecified atom stereocenters. The van der Waals surface area contributed by atoms with E-state index in [1.54, 1.807) is 6.07 Å². The fourth-order valence-electron chi connectivity index (χ4n) is 1.60. The number of hydrogen-bond acceptors (Lipinski definition) is 3. The number of benzene rings is 1. The van der Waals surface area contributed by atoms with Gasteiger partial charge in [-0.2, -0.15) is 0 Å². The average Bonchev–Trinajstić information content (AvgIpc) is 2.81. The van der Waals surface area contributed by atoms with Crippen LogP contribution >= 0.6 is 0 Å². The highest BCUT2D eigenvalue weighted by Gasteiger charge is 2.27. The topological polar surface area (TPSA) is 86.9 Å². The van der Waals surface area contributed by atoms with Gasteiger partial charge in [-0.05, 0) is 11.2 Å². The van der Waals surface area contributed by atoms with Gasteiger partial charge < -0.3 is 10.3 Å². The summed E-state index contributed by atoms with van der Waals surface area (Å²) in [5, 5.41) is 15.4. The Labute approximate surface area is 96.3 Å². The van der Waals surface area contributed by atoms with Gasteiger partial charge in [0.25, 0.3) is 0 Å². The van der Waals surface area contributed by atoms with Crippen LogP contribution < -0.4 is 0 Å². The first-order valence-corrected chi connectivity index (χ1v) is 4.96. The molecule has 1 aromatic heterocycles. The highest BCUT2D eigenvalue weighted by atomic mass is 15.3. The van der Waals surface area contributed by atoms with E-state index in [1.165, 1.54) is 0 Å².